The molecule has 0 amide bonds. The lowest BCUT2D eigenvalue weighted by Crippen LogP contribution is -2.09. The predicted octanol–water partition coefficient (Wildman–Crippen LogP) is 2.41. The standard InChI is InChI=1S/C14H14O3S/c15-14-9-5-4-6-12(14)10-11-18(16,17)13-7-2-1-3-8-13/h1-9,15H,10-11H2. The highest BCUT2D eigenvalue weighted by atomic mass is 32.2. The van der Waals surface area contributed by atoms with Gasteiger partial charge in [0.25, 0.3) is 0 Å². The molecule has 1 N–H and O–H groups in total. The van der Waals surface area contributed by atoms with E-state index in [0.29, 0.717) is 16.9 Å². The minimum Gasteiger partial charge on any atom is -0.508 e. The van der Waals surface area contributed by atoms with E-state index in [1.807, 2.05) is 0 Å². The molecule has 0 heterocycles. The van der Waals surface area contributed by atoms with Gasteiger partial charge >= 0.3 is 0 Å². The Morgan fingerprint density at radius 2 is 1.50 bits per heavy atom. The number of hydrogen-bond donors (Lipinski definition) is 1. The highest BCUT2D eigenvalue weighted by Crippen LogP contribution is 2.18. The molecule has 0 spiro atoms. The van der Waals surface area contributed by atoms with E-state index in [1.54, 1.807) is 54.6 Å². The first-order valence-electron chi connectivity index (χ1n) is 5.64. The molecule has 0 aliphatic heterocycles. The highest BCUT2D eigenvalue weighted by molar-refractivity contribution is 7.91. The zero-order valence-corrected chi connectivity index (χ0v) is 10.6. The van der Waals surface area contributed by atoms with Crippen LogP contribution in [0.25, 0.3) is 0 Å². The Kier molecular flexibility index (Phi) is 3.67. The highest BCUT2D eigenvalue weighted by Gasteiger charge is 2.14. The molecule has 0 saturated heterocycles. The lowest BCUT2D eigenvalue weighted by Gasteiger charge is -2.06. The van der Waals surface area contributed by atoms with Crippen LogP contribution in [0.4, 0.5) is 0 Å². The molecule has 0 aliphatic carbocycles. The number of phenolic OH excluding ortho intramolecular Hbond substituents is 1. The summed E-state index contributed by atoms with van der Waals surface area (Å²) in [4.78, 5) is 0.320. The van der Waals surface area contributed by atoms with Gasteiger partial charge in [-0.25, -0.2) is 8.42 Å². The van der Waals surface area contributed by atoms with Crippen LogP contribution in [0.5, 0.6) is 5.75 Å². The van der Waals surface area contributed by atoms with E-state index >= 15 is 0 Å². The Labute approximate surface area is 107 Å². The Morgan fingerprint density at radius 3 is 2.17 bits per heavy atom. The molecule has 4 heteroatoms. The van der Waals surface area contributed by atoms with Gasteiger partial charge in [-0.2, -0.15) is 0 Å². The van der Waals surface area contributed by atoms with Crippen molar-refractivity contribution in [1.82, 2.24) is 0 Å². The summed E-state index contributed by atoms with van der Waals surface area (Å²) in [7, 11) is -3.29. The van der Waals surface area contributed by atoms with Crippen molar-refractivity contribution in [1.29, 1.82) is 0 Å². The second kappa shape index (κ2) is 5.23. The molecule has 2 aromatic rings. The average Bonchev–Trinajstić information content (AvgIpc) is 2.39. The maximum atomic E-state index is 12.0. The van der Waals surface area contributed by atoms with Gasteiger partial charge in [0.05, 0.1) is 10.6 Å². The van der Waals surface area contributed by atoms with Crippen molar-refractivity contribution >= 4 is 9.84 Å². The third kappa shape index (κ3) is 2.90. The number of hydrogen-bond acceptors (Lipinski definition) is 3. The molecule has 18 heavy (non-hydrogen) atoms. The zero-order chi connectivity index (χ0) is 13.0. The van der Waals surface area contributed by atoms with Crippen molar-refractivity contribution in [2.24, 2.45) is 0 Å². The summed E-state index contributed by atoms with van der Waals surface area (Å²) in [6, 6.07) is 15.1. The van der Waals surface area contributed by atoms with Crippen molar-refractivity contribution in [3.8, 4) is 5.75 Å². The average molecular weight is 262 g/mol. The minimum atomic E-state index is -3.29. The second-order valence-electron chi connectivity index (χ2n) is 4.01. The maximum Gasteiger partial charge on any atom is 0.178 e. The summed E-state index contributed by atoms with van der Waals surface area (Å²) < 4.78 is 24.1. The van der Waals surface area contributed by atoms with Crippen molar-refractivity contribution in [3.05, 3.63) is 60.2 Å². The van der Waals surface area contributed by atoms with Crippen LogP contribution in [0.3, 0.4) is 0 Å². The van der Waals surface area contributed by atoms with E-state index in [4.69, 9.17) is 0 Å². The summed E-state index contributed by atoms with van der Waals surface area (Å²) >= 11 is 0. The predicted molar refractivity (Wildman–Crippen MR) is 70.3 cm³/mol. The Morgan fingerprint density at radius 1 is 0.889 bits per heavy atom. The number of aromatic hydroxyl groups is 1. The summed E-state index contributed by atoms with van der Waals surface area (Å²) in [6.45, 7) is 0. The second-order valence-corrected chi connectivity index (χ2v) is 6.12. The number of aryl methyl sites for hydroxylation is 1. The van der Waals surface area contributed by atoms with E-state index in [1.165, 1.54) is 0 Å². The molecule has 0 radical (unpaired) electrons. The SMILES string of the molecule is O=S(=O)(CCc1ccccc1O)c1ccccc1. The van der Waals surface area contributed by atoms with Crippen LogP contribution in [-0.4, -0.2) is 19.3 Å². The van der Waals surface area contributed by atoms with Gasteiger partial charge in [0.15, 0.2) is 9.84 Å². The molecule has 0 bridgehead atoms. The van der Waals surface area contributed by atoms with Crippen LogP contribution in [0, 0.1) is 0 Å². The molecule has 0 unspecified atom stereocenters. The Hall–Kier alpha value is -1.81. The first-order chi connectivity index (χ1) is 8.59. The Balaban J connectivity index is 2.14. The summed E-state index contributed by atoms with van der Waals surface area (Å²) in [5, 5.41) is 9.58. The van der Waals surface area contributed by atoms with Crippen LogP contribution in [-0.2, 0) is 16.3 Å². The van der Waals surface area contributed by atoms with Crippen molar-refractivity contribution in [2.75, 3.05) is 5.75 Å². The van der Waals surface area contributed by atoms with E-state index in [2.05, 4.69) is 0 Å². The van der Waals surface area contributed by atoms with Gasteiger partial charge in [-0.1, -0.05) is 36.4 Å². The number of phenols is 1. The van der Waals surface area contributed by atoms with Crippen LogP contribution < -0.4 is 0 Å². The van der Waals surface area contributed by atoms with Crippen molar-refractivity contribution in [2.45, 2.75) is 11.3 Å². The van der Waals surface area contributed by atoms with Gasteiger partial charge < -0.3 is 5.11 Å². The van der Waals surface area contributed by atoms with Gasteiger partial charge in [0.1, 0.15) is 5.75 Å². The molecule has 0 fully saturated rings. The van der Waals surface area contributed by atoms with E-state index in [-0.39, 0.29) is 11.5 Å². The Bertz CT molecular complexity index is 618. The molecule has 2 aromatic carbocycles. The van der Waals surface area contributed by atoms with Crippen LogP contribution in [0.15, 0.2) is 59.5 Å². The third-order valence-corrected chi connectivity index (χ3v) is 4.47. The van der Waals surface area contributed by atoms with Gasteiger partial charge in [-0.15, -0.1) is 0 Å². The summed E-state index contributed by atoms with van der Waals surface area (Å²) in [5.41, 5.74) is 0.650. The lowest BCUT2D eigenvalue weighted by molar-refractivity contribution is 0.469. The molecule has 2 rings (SSSR count). The van der Waals surface area contributed by atoms with Crippen LogP contribution >= 0.6 is 0 Å². The van der Waals surface area contributed by atoms with Crippen LogP contribution in [0.2, 0.25) is 0 Å². The molecular formula is C14H14O3S. The van der Waals surface area contributed by atoms with Gasteiger partial charge in [-0.05, 0) is 30.2 Å². The lowest BCUT2D eigenvalue weighted by atomic mass is 10.1. The quantitative estimate of drug-likeness (QED) is 0.920. The fourth-order valence-electron chi connectivity index (χ4n) is 1.71. The van der Waals surface area contributed by atoms with E-state index < -0.39 is 9.84 Å². The minimum absolute atomic E-state index is 0.00537. The van der Waals surface area contributed by atoms with Crippen molar-refractivity contribution < 1.29 is 13.5 Å². The molecule has 0 aliphatic rings. The first-order valence-corrected chi connectivity index (χ1v) is 7.29. The molecular weight excluding hydrogens is 248 g/mol. The van der Waals surface area contributed by atoms with E-state index in [0.717, 1.165) is 0 Å². The van der Waals surface area contributed by atoms with Gasteiger partial charge in [0, 0.05) is 0 Å². The van der Waals surface area contributed by atoms with Gasteiger partial charge in [0.2, 0.25) is 0 Å². The number of para-hydroxylation sites is 1. The topological polar surface area (TPSA) is 54.4 Å². The largest absolute Gasteiger partial charge is 0.508 e. The molecule has 3 nitrogen and oxygen atoms in total. The number of sulfone groups is 1. The summed E-state index contributed by atoms with van der Waals surface area (Å²) in [5.74, 6) is 0.134. The monoisotopic (exact) mass is 262 g/mol. The molecule has 0 saturated carbocycles. The fourth-order valence-corrected chi connectivity index (χ4v) is 3.01. The van der Waals surface area contributed by atoms with E-state index in [9.17, 15) is 13.5 Å². The summed E-state index contributed by atoms with van der Waals surface area (Å²) in [6.07, 6.45) is 0.309. The molecule has 0 atom stereocenters. The molecule has 94 valence electrons. The first kappa shape index (κ1) is 12.6. The normalized spacial score (nSPS) is 11.3. The van der Waals surface area contributed by atoms with Crippen LogP contribution in [0.1, 0.15) is 5.56 Å². The zero-order valence-electron chi connectivity index (χ0n) is 9.78. The number of benzene rings is 2. The smallest absolute Gasteiger partial charge is 0.178 e. The maximum absolute atomic E-state index is 12.0. The van der Waals surface area contributed by atoms with Gasteiger partial charge in [-0.3, -0.25) is 0 Å². The van der Waals surface area contributed by atoms with Crippen molar-refractivity contribution in [3.63, 3.8) is 0 Å². The number of rotatable bonds is 4. The molecule has 0 aromatic heterocycles. The fraction of sp³-hybridized carbons (Fsp3) is 0.143. The third-order valence-electron chi connectivity index (χ3n) is 2.73.